The lowest BCUT2D eigenvalue weighted by Crippen LogP contribution is -2.03. The highest BCUT2D eigenvalue weighted by atomic mass is 16.5. The van der Waals surface area contributed by atoms with Crippen LogP contribution >= 0.6 is 0 Å². The second-order valence-corrected chi connectivity index (χ2v) is 7.02. The monoisotopic (exact) mass is 415 g/mol. The summed E-state index contributed by atoms with van der Waals surface area (Å²) in [6.07, 6.45) is 0.977. The first-order valence-corrected chi connectivity index (χ1v) is 10.2. The second kappa shape index (κ2) is 9.39. The number of hydrogen-bond acceptors (Lipinski definition) is 5. The van der Waals surface area contributed by atoms with Crippen LogP contribution in [0.4, 0.5) is 5.69 Å². The maximum atomic E-state index is 6.19. The van der Waals surface area contributed by atoms with Crippen LogP contribution in [-0.2, 0) is 0 Å². The smallest absolute Gasteiger partial charge is 0.161 e. The number of para-hydroxylation sites is 1. The molecule has 4 rings (SSSR count). The second-order valence-electron chi connectivity index (χ2n) is 7.02. The van der Waals surface area contributed by atoms with Gasteiger partial charge in [-0.2, -0.15) is 0 Å². The van der Waals surface area contributed by atoms with E-state index in [-0.39, 0.29) is 0 Å². The van der Waals surface area contributed by atoms with Crippen molar-refractivity contribution < 1.29 is 18.6 Å². The van der Waals surface area contributed by atoms with E-state index in [4.69, 9.17) is 23.6 Å². The molecule has 4 aromatic rings. The van der Waals surface area contributed by atoms with Crippen LogP contribution in [0.15, 0.2) is 82.2 Å². The molecule has 31 heavy (non-hydrogen) atoms. The normalized spacial score (nSPS) is 11.5. The fourth-order valence-corrected chi connectivity index (χ4v) is 3.32. The van der Waals surface area contributed by atoms with Gasteiger partial charge in [0.1, 0.15) is 17.1 Å². The molecule has 158 valence electrons. The summed E-state index contributed by atoms with van der Waals surface area (Å²) in [5.41, 5.74) is 2.48. The standard InChI is InChI=1S/C26H25NO4/c1-4-15-30-20-12-10-19(11-13-20)27-22-17-25(31-23-8-6-5-7-21(22)23)18-9-14-24(28-2)26(16-18)29-3/h5-14,16-17H,4,15H2,1-3H3. The largest absolute Gasteiger partial charge is 0.494 e. The van der Waals surface area contributed by atoms with Crippen molar-refractivity contribution in [3.63, 3.8) is 0 Å². The Bertz CT molecular complexity index is 1240. The van der Waals surface area contributed by atoms with Gasteiger partial charge < -0.3 is 18.6 Å². The third kappa shape index (κ3) is 4.56. The number of ether oxygens (including phenoxy) is 3. The SMILES string of the molecule is CCCOc1ccc(N=c2cc(-c3ccc(OC)c(OC)c3)oc3ccccc23)cc1. The van der Waals surface area contributed by atoms with Gasteiger partial charge in [0.05, 0.1) is 31.9 Å². The fraction of sp³-hybridized carbons (Fsp3) is 0.192. The Morgan fingerprint density at radius 1 is 0.839 bits per heavy atom. The van der Waals surface area contributed by atoms with E-state index in [2.05, 4.69) is 6.92 Å². The van der Waals surface area contributed by atoms with Gasteiger partial charge in [-0.3, -0.25) is 0 Å². The average molecular weight is 415 g/mol. The van der Waals surface area contributed by atoms with E-state index >= 15 is 0 Å². The first-order chi connectivity index (χ1) is 15.2. The predicted octanol–water partition coefficient (Wildman–Crippen LogP) is 6.14. The molecule has 0 atom stereocenters. The summed E-state index contributed by atoms with van der Waals surface area (Å²) in [6, 6.07) is 23.3. The molecular formula is C26H25NO4. The molecule has 1 heterocycles. The van der Waals surface area contributed by atoms with E-state index in [0.29, 0.717) is 23.9 Å². The number of benzene rings is 3. The van der Waals surface area contributed by atoms with Crippen molar-refractivity contribution in [3.05, 3.63) is 78.2 Å². The molecular weight excluding hydrogens is 390 g/mol. The third-order valence-electron chi connectivity index (χ3n) is 4.88. The lowest BCUT2D eigenvalue weighted by molar-refractivity contribution is 0.317. The molecule has 0 bridgehead atoms. The first kappa shape index (κ1) is 20.5. The van der Waals surface area contributed by atoms with Gasteiger partial charge in [0.2, 0.25) is 0 Å². The van der Waals surface area contributed by atoms with Gasteiger partial charge in [-0.1, -0.05) is 19.1 Å². The Morgan fingerprint density at radius 3 is 2.35 bits per heavy atom. The zero-order valence-electron chi connectivity index (χ0n) is 17.9. The summed E-state index contributed by atoms with van der Waals surface area (Å²) in [5.74, 6) is 2.85. The van der Waals surface area contributed by atoms with Crippen LogP contribution in [0.25, 0.3) is 22.3 Å². The van der Waals surface area contributed by atoms with Crippen LogP contribution in [0.5, 0.6) is 17.2 Å². The van der Waals surface area contributed by atoms with E-state index in [1.165, 1.54) is 0 Å². The van der Waals surface area contributed by atoms with Gasteiger partial charge in [0.25, 0.3) is 0 Å². The molecule has 0 fully saturated rings. The number of methoxy groups -OCH3 is 2. The van der Waals surface area contributed by atoms with E-state index in [1.54, 1.807) is 14.2 Å². The van der Waals surface area contributed by atoms with Crippen molar-refractivity contribution >= 4 is 16.7 Å². The molecule has 3 aromatic carbocycles. The average Bonchev–Trinajstić information content (AvgIpc) is 2.83. The van der Waals surface area contributed by atoms with Crippen LogP contribution in [0.3, 0.4) is 0 Å². The summed E-state index contributed by atoms with van der Waals surface area (Å²) in [7, 11) is 3.24. The minimum Gasteiger partial charge on any atom is -0.494 e. The maximum Gasteiger partial charge on any atom is 0.161 e. The van der Waals surface area contributed by atoms with E-state index in [0.717, 1.165) is 39.7 Å². The molecule has 0 aliphatic rings. The molecule has 5 nitrogen and oxygen atoms in total. The highest BCUT2D eigenvalue weighted by Gasteiger charge is 2.10. The molecule has 5 heteroatoms. The van der Waals surface area contributed by atoms with Gasteiger partial charge in [0, 0.05) is 17.0 Å². The first-order valence-electron chi connectivity index (χ1n) is 10.2. The summed E-state index contributed by atoms with van der Waals surface area (Å²) in [4.78, 5) is 4.88. The van der Waals surface area contributed by atoms with Gasteiger partial charge >= 0.3 is 0 Å². The molecule has 0 radical (unpaired) electrons. The van der Waals surface area contributed by atoms with Gasteiger partial charge in [-0.05, 0) is 61.0 Å². The summed E-state index contributed by atoms with van der Waals surface area (Å²) < 4.78 is 22.7. The van der Waals surface area contributed by atoms with Crippen molar-refractivity contribution in [1.29, 1.82) is 0 Å². The Morgan fingerprint density at radius 2 is 1.61 bits per heavy atom. The zero-order chi connectivity index (χ0) is 21.6. The lowest BCUT2D eigenvalue weighted by atomic mass is 10.1. The van der Waals surface area contributed by atoms with Crippen molar-refractivity contribution in [2.45, 2.75) is 13.3 Å². The van der Waals surface area contributed by atoms with E-state index < -0.39 is 0 Å². The summed E-state index contributed by atoms with van der Waals surface area (Å²) >= 11 is 0. The Labute approximate surface area is 181 Å². The minimum atomic E-state index is 0.643. The molecule has 0 aliphatic heterocycles. The van der Waals surface area contributed by atoms with Crippen molar-refractivity contribution in [2.75, 3.05) is 20.8 Å². The topological polar surface area (TPSA) is 53.2 Å². The number of fused-ring (bicyclic) bond motifs is 1. The fourth-order valence-electron chi connectivity index (χ4n) is 3.32. The molecule has 0 saturated carbocycles. The van der Waals surface area contributed by atoms with Crippen LogP contribution in [0.1, 0.15) is 13.3 Å². The van der Waals surface area contributed by atoms with Crippen molar-refractivity contribution in [1.82, 2.24) is 0 Å². The third-order valence-corrected chi connectivity index (χ3v) is 4.88. The molecule has 0 aliphatic carbocycles. The molecule has 0 N–H and O–H groups in total. The Hall–Kier alpha value is -3.73. The van der Waals surface area contributed by atoms with Gasteiger partial charge in [-0.25, -0.2) is 4.99 Å². The number of hydrogen-bond donors (Lipinski definition) is 0. The quantitative estimate of drug-likeness (QED) is 0.364. The van der Waals surface area contributed by atoms with Gasteiger partial charge in [-0.15, -0.1) is 0 Å². The molecule has 0 spiro atoms. The highest BCUT2D eigenvalue weighted by molar-refractivity contribution is 5.79. The van der Waals surface area contributed by atoms with Gasteiger partial charge in [0.15, 0.2) is 11.5 Å². The maximum absolute atomic E-state index is 6.19. The molecule has 0 amide bonds. The van der Waals surface area contributed by atoms with Crippen LogP contribution in [0, 0.1) is 0 Å². The molecule has 1 aromatic heterocycles. The van der Waals surface area contributed by atoms with Crippen LogP contribution in [0.2, 0.25) is 0 Å². The van der Waals surface area contributed by atoms with E-state index in [9.17, 15) is 0 Å². The van der Waals surface area contributed by atoms with Crippen LogP contribution < -0.4 is 19.6 Å². The minimum absolute atomic E-state index is 0.643. The highest BCUT2D eigenvalue weighted by Crippen LogP contribution is 2.32. The Balaban J connectivity index is 1.81. The van der Waals surface area contributed by atoms with Crippen molar-refractivity contribution in [3.8, 4) is 28.6 Å². The summed E-state index contributed by atoms with van der Waals surface area (Å²) in [5, 5.41) is 1.77. The van der Waals surface area contributed by atoms with Crippen molar-refractivity contribution in [2.24, 2.45) is 4.99 Å². The lowest BCUT2D eigenvalue weighted by Gasteiger charge is -2.10. The predicted molar refractivity (Wildman–Crippen MR) is 122 cm³/mol. The number of nitrogens with zero attached hydrogens (tertiary/aromatic N) is 1. The summed E-state index contributed by atoms with van der Waals surface area (Å²) in [6.45, 7) is 2.79. The molecule has 0 saturated heterocycles. The van der Waals surface area contributed by atoms with Crippen LogP contribution in [-0.4, -0.2) is 20.8 Å². The zero-order valence-corrected chi connectivity index (χ0v) is 17.9. The molecule has 0 unspecified atom stereocenters. The Kier molecular flexibility index (Phi) is 6.22. The number of rotatable bonds is 7. The van der Waals surface area contributed by atoms with E-state index in [1.807, 2.05) is 72.8 Å².